The number of carbonyl (C=O) groups is 1. The number of para-hydroxylation sites is 3. The van der Waals surface area contributed by atoms with Gasteiger partial charge in [0.1, 0.15) is 11.6 Å². The van der Waals surface area contributed by atoms with Crippen molar-refractivity contribution in [2.75, 3.05) is 10.0 Å². The molecule has 0 aliphatic rings. The molecule has 1 amide bonds. The van der Waals surface area contributed by atoms with E-state index in [1.807, 2.05) is 13.8 Å². The lowest BCUT2D eigenvalue weighted by Crippen LogP contribution is -2.17. The summed E-state index contributed by atoms with van der Waals surface area (Å²) in [6, 6.07) is 17.9. The van der Waals surface area contributed by atoms with Gasteiger partial charge in [-0.1, -0.05) is 30.3 Å². The molecule has 0 bridgehead atoms. The van der Waals surface area contributed by atoms with E-state index in [1.165, 1.54) is 42.5 Å². The quantitative estimate of drug-likeness (QED) is 0.573. The first-order valence-electron chi connectivity index (χ1n) is 9.21. The lowest BCUT2D eigenvalue weighted by atomic mass is 10.2. The molecule has 30 heavy (non-hydrogen) atoms. The molecular weight excluding hydrogens is 407 g/mol. The minimum Gasteiger partial charge on any atom is -0.489 e. The Bertz CT molecular complexity index is 1160. The molecule has 0 aromatic heterocycles. The largest absolute Gasteiger partial charge is 0.489 e. The van der Waals surface area contributed by atoms with E-state index in [0.717, 1.165) is 6.07 Å². The van der Waals surface area contributed by atoms with Gasteiger partial charge in [0.25, 0.3) is 15.9 Å². The lowest BCUT2D eigenvalue weighted by Gasteiger charge is -2.15. The first-order valence-corrected chi connectivity index (χ1v) is 10.7. The normalized spacial score (nSPS) is 11.2. The Kier molecular flexibility index (Phi) is 6.37. The summed E-state index contributed by atoms with van der Waals surface area (Å²) in [5.41, 5.74) is 0.423. The fourth-order valence-corrected chi connectivity index (χ4v) is 3.79. The van der Waals surface area contributed by atoms with Gasteiger partial charge in [-0.05, 0) is 56.3 Å². The number of nitrogens with one attached hydrogen (secondary N) is 2. The molecule has 0 fully saturated rings. The second-order valence-corrected chi connectivity index (χ2v) is 8.41. The van der Waals surface area contributed by atoms with E-state index in [9.17, 15) is 17.6 Å². The summed E-state index contributed by atoms with van der Waals surface area (Å²) in [6.07, 6.45) is -0.0824. The van der Waals surface area contributed by atoms with E-state index in [2.05, 4.69) is 10.0 Å². The van der Waals surface area contributed by atoms with Crippen molar-refractivity contribution in [1.82, 2.24) is 0 Å². The number of sulfonamides is 1. The number of halogens is 1. The van der Waals surface area contributed by atoms with E-state index in [4.69, 9.17) is 4.74 Å². The average molecular weight is 428 g/mol. The van der Waals surface area contributed by atoms with Crippen LogP contribution in [0.2, 0.25) is 0 Å². The van der Waals surface area contributed by atoms with Crippen molar-refractivity contribution in [1.29, 1.82) is 0 Å². The summed E-state index contributed by atoms with van der Waals surface area (Å²) in [5.74, 6) is -0.694. The average Bonchev–Trinajstić information content (AvgIpc) is 2.71. The molecule has 0 radical (unpaired) electrons. The van der Waals surface area contributed by atoms with E-state index >= 15 is 0 Å². The van der Waals surface area contributed by atoms with Gasteiger partial charge in [-0.15, -0.1) is 0 Å². The summed E-state index contributed by atoms with van der Waals surface area (Å²) in [7, 11) is -4.08. The minimum atomic E-state index is -4.08. The van der Waals surface area contributed by atoms with Gasteiger partial charge in [-0.2, -0.15) is 0 Å². The molecule has 0 heterocycles. The highest BCUT2D eigenvalue weighted by atomic mass is 32.2. The molecule has 0 saturated heterocycles. The number of anilines is 2. The van der Waals surface area contributed by atoms with E-state index in [0.29, 0.717) is 11.4 Å². The maximum atomic E-state index is 13.8. The van der Waals surface area contributed by atoms with Crippen LogP contribution in [-0.2, 0) is 10.0 Å². The van der Waals surface area contributed by atoms with Crippen LogP contribution in [0.15, 0.2) is 77.7 Å². The summed E-state index contributed by atoms with van der Waals surface area (Å²) >= 11 is 0. The molecule has 3 aromatic rings. The molecule has 3 rings (SSSR count). The predicted octanol–water partition coefficient (Wildman–Crippen LogP) is 4.67. The van der Waals surface area contributed by atoms with Crippen molar-refractivity contribution in [3.63, 3.8) is 0 Å². The monoisotopic (exact) mass is 428 g/mol. The third kappa shape index (κ3) is 5.15. The fraction of sp³-hybridized carbons (Fsp3) is 0.136. The van der Waals surface area contributed by atoms with E-state index in [-0.39, 0.29) is 22.3 Å². The smallest absolute Gasteiger partial charge is 0.262 e. The molecule has 2 N–H and O–H groups in total. The van der Waals surface area contributed by atoms with Crippen LogP contribution < -0.4 is 14.8 Å². The van der Waals surface area contributed by atoms with Crippen molar-refractivity contribution in [2.45, 2.75) is 24.8 Å². The van der Waals surface area contributed by atoms with Crippen LogP contribution in [0.4, 0.5) is 15.8 Å². The molecule has 156 valence electrons. The van der Waals surface area contributed by atoms with Crippen molar-refractivity contribution in [3.8, 4) is 5.75 Å². The topological polar surface area (TPSA) is 84.5 Å². The molecular formula is C22H21FN2O4S. The van der Waals surface area contributed by atoms with Gasteiger partial charge < -0.3 is 10.1 Å². The minimum absolute atomic E-state index is 0.0824. The second kappa shape index (κ2) is 8.96. The molecule has 0 aliphatic heterocycles. The molecule has 3 aromatic carbocycles. The van der Waals surface area contributed by atoms with Gasteiger partial charge in [0, 0.05) is 5.56 Å². The molecule has 0 spiro atoms. The fourth-order valence-electron chi connectivity index (χ4n) is 2.67. The number of carbonyl (C=O) groups excluding carboxylic acids is 1. The zero-order chi connectivity index (χ0) is 21.7. The summed E-state index contributed by atoms with van der Waals surface area (Å²) < 4.78 is 47.0. The standard InChI is InChI=1S/C22H21FN2O4S/c1-15(2)29-21-13-6-5-12-20(21)24-22(26)16-8-7-9-17(14-16)30(27,28)25-19-11-4-3-10-18(19)23/h3-15,25H,1-2H3,(H,24,26). The maximum absolute atomic E-state index is 13.8. The third-order valence-corrected chi connectivity index (χ3v) is 5.39. The Balaban J connectivity index is 1.83. The van der Waals surface area contributed by atoms with Crippen LogP contribution in [0.5, 0.6) is 5.75 Å². The number of hydrogen-bond acceptors (Lipinski definition) is 4. The van der Waals surface area contributed by atoms with Crippen molar-refractivity contribution in [2.24, 2.45) is 0 Å². The first kappa shape index (κ1) is 21.3. The Labute approximate surface area is 174 Å². The zero-order valence-corrected chi connectivity index (χ0v) is 17.2. The van der Waals surface area contributed by atoms with Crippen molar-refractivity contribution >= 4 is 27.3 Å². The molecule has 8 heteroatoms. The summed E-state index contributed by atoms with van der Waals surface area (Å²) in [6.45, 7) is 3.74. The Morgan fingerprint density at radius 3 is 2.30 bits per heavy atom. The van der Waals surface area contributed by atoms with Crippen molar-refractivity contribution < 1.29 is 22.3 Å². The van der Waals surface area contributed by atoms with Gasteiger partial charge >= 0.3 is 0 Å². The highest BCUT2D eigenvalue weighted by molar-refractivity contribution is 7.92. The first-order chi connectivity index (χ1) is 14.3. The number of ether oxygens (including phenoxy) is 1. The van der Waals surface area contributed by atoms with Gasteiger partial charge in [0.15, 0.2) is 0 Å². The van der Waals surface area contributed by atoms with Crippen LogP contribution in [0.3, 0.4) is 0 Å². The lowest BCUT2D eigenvalue weighted by molar-refractivity contribution is 0.102. The number of rotatable bonds is 7. The van der Waals surface area contributed by atoms with Gasteiger partial charge in [-0.3, -0.25) is 9.52 Å². The molecule has 0 atom stereocenters. The van der Waals surface area contributed by atoms with Crippen LogP contribution >= 0.6 is 0 Å². The number of benzene rings is 3. The Hall–Kier alpha value is -3.39. The zero-order valence-electron chi connectivity index (χ0n) is 16.4. The van der Waals surface area contributed by atoms with Crippen LogP contribution in [-0.4, -0.2) is 20.4 Å². The van der Waals surface area contributed by atoms with Crippen LogP contribution in [0.1, 0.15) is 24.2 Å². The molecule has 0 saturated carbocycles. The third-order valence-electron chi connectivity index (χ3n) is 4.02. The predicted molar refractivity (Wildman–Crippen MR) is 114 cm³/mol. The second-order valence-electron chi connectivity index (χ2n) is 6.73. The van der Waals surface area contributed by atoms with Crippen LogP contribution in [0.25, 0.3) is 0 Å². The van der Waals surface area contributed by atoms with Gasteiger partial charge in [0.2, 0.25) is 0 Å². The van der Waals surface area contributed by atoms with Crippen LogP contribution in [0, 0.1) is 5.82 Å². The summed E-state index contributed by atoms with van der Waals surface area (Å²) in [5, 5.41) is 2.73. The Morgan fingerprint density at radius 1 is 0.933 bits per heavy atom. The highest BCUT2D eigenvalue weighted by Crippen LogP contribution is 2.26. The maximum Gasteiger partial charge on any atom is 0.262 e. The number of hydrogen-bond donors (Lipinski definition) is 2. The summed E-state index contributed by atoms with van der Waals surface area (Å²) in [4.78, 5) is 12.5. The number of amides is 1. The van der Waals surface area contributed by atoms with E-state index < -0.39 is 21.7 Å². The highest BCUT2D eigenvalue weighted by Gasteiger charge is 2.18. The van der Waals surface area contributed by atoms with Gasteiger partial charge in [-0.25, -0.2) is 12.8 Å². The Morgan fingerprint density at radius 2 is 1.60 bits per heavy atom. The van der Waals surface area contributed by atoms with E-state index in [1.54, 1.807) is 24.3 Å². The van der Waals surface area contributed by atoms with Gasteiger partial charge in [0.05, 0.1) is 22.4 Å². The SMILES string of the molecule is CC(C)Oc1ccccc1NC(=O)c1cccc(S(=O)(=O)Nc2ccccc2F)c1. The van der Waals surface area contributed by atoms with Crippen molar-refractivity contribution in [3.05, 3.63) is 84.2 Å². The molecule has 0 aliphatic carbocycles. The molecule has 6 nitrogen and oxygen atoms in total. The molecule has 0 unspecified atom stereocenters.